The van der Waals surface area contributed by atoms with Gasteiger partial charge in [-0.25, -0.2) is 0 Å². The van der Waals surface area contributed by atoms with Crippen LogP contribution in [-0.4, -0.2) is 51.0 Å². The molecule has 0 spiro atoms. The van der Waals surface area contributed by atoms with Gasteiger partial charge in [0, 0.05) is 24.0 Å². The second kappa shape index (κ2) is 10.8. The van der Waals surface area contributed by atoms with Crippen molar-refractivity contribution >= 4 is 34.9 Å². The number of carboxylic acids is 1. The van der Waals surface area contributed by atoms with E-state index in [1.165, 1.54) is 6.08 Å². The average Bonchev–Trinajstić information content (AvgIpc) is 3.30. The maximum atomic E-state index is 14.9. The zero-order chi connectivity index (χ0) is 31.5. The van der Waals surface area contributed by atoms with Crippen molar-refractivity contribution in [2.45, 2.75) is 30.6 Å². The van der Waals surface area contributed by atoms with Gasteiger partial charge in [-0.05, 0) is 53.7 Å². The number of fused-ring (bicyclic) bond motifs is 4. The largest absolute Gasteiger partial charge is 0.508 e. The molecule has 3 aromatic rings. The number of hydrogen-bond donors (Lipinski definition) is 2. The third-order valence-corrected chi connectivity index (χ3v) is 10.2. The highest BCUT2D eigenvalue weighted by atomic mass is 16.4. The summed E-state index contributed by atoms with van der Waals surface area (Å²) in [5.74, 6) is -5.76. The number of phenolic OH excluding ortho intramolecular Hbond substituents is 1. The minimum absolute atomic E-state index is 0.0528. The van der Waals surface area contributed by atoms with Crippen LogP contribution >= 0.6 is 0 Å². The lowest BCUT2D eigenvalue weighted by Crippen LogP contribution is -2.58. The number of nitrogens with zero attached hydrogens (tertiary/aromatic N) is 1. The molecule has 6 atom stereocenters. The van der Waals surface area contributed by atoms with E-state index in [9.17, 15) is 34.2 Å². The lowest BCUT2D eigenvalue weighted by atomic mass is 9.44. The second-order valence-corrected chi connectivity index (χ2v) is 12.4. The molecule has 0 unspecified atom stereocenters. The van der Waals surface area contributed by atoms with Crippen LogP contribution < -0.4 is 0 Å². The van der Waals surface area contributed by atoms with Crippen molar-refractivity contribution in [3.05, 3.63) is 119 Å². The normalized spacial score (nSPS) is 29.0. The number of amides is 2. The first-order valence-electron chi connectivity index (χ1n) is 15.2. The van der Waals surface area contributed by atoms with Gasteiger partial charge in [-0.3, -0.25) is 28.9 Å². The summed E-state index contributed by atoms with van der Waals surface area (Å²) in [7, 11) is 0. The van der Waals surface area contributed by atoms with Crippen LogP contribution in [0, 0.1) is 23.7 Å². The van der Waals surface area contributed by atoms with Gasteiger partial charge in [-0.2, -0.15) is 0 Å². The molecule has 2 N–H and O–H groups in total. The third kappa shape index (κ3) is 4.30. The van der Waals surface area contributed by atoms with Crippen molar-refractivity contribution in [1.29, 1.82) is 0 Å². The molecule has 0 aromatic heterocycles. The SMILES string of the molecule is O=C(O)CCN1C(=O)[C@H]2[C@H](CC=C3[C@H]2C[C@H]2C(=O)C(c4ccccc4)=CC(=O)[C@@]2(c2ccccc2)[C@H]3c2ccc(O)cc2)C1=O. The fourth-order valence-electron chi connectivity index (χ4n) is 8.41. The van der Waals surface area contributed by atoms with E-state index < -0.39 is 52.8 Å². The maximum absolute atomic E-state index is 14.9. The highest BCUT2D eigenvalue weighted by molar-refractivity contribution is 6.31. The fraction of sp³-hybridized carbons (Fsp3) is 0.270. The zero-order valence-corrected chi connectivity index (χ0v) is 24.3. The number of carbonyl (C=O) groups is 5. The minimum atomic E-state index is -1.34. The Balaban J connectivity index is 1.45. The molecule has 8 nitrogen and oxygen atoms in total. The number of rotatable bonds is 6. The number of carbonyl (C=O) groups excluding carboxylic acids is 4. The monoisotopic (exact) mass is 601 g/mol. The van der Waals surface area contributed by atoms with Gasteiger partial charge in [0.15, 0.2) is 11.6 Å². The zero-order valence-electron chi connectivity index (χ0n) is 24.3. The van der Waals surface area contributed by atoms with E-state index in [-0.39, 0.29) is 43.1 Å². The van der Waals surface area contributed by atoms with Gasteiger partial charge < -0.3 is 10.2 Å². The summed E-state index contributed by atoms with van der Waals surface area (Å²) < 4.78 is 0. The number of benzene rings is 3. The molecule has 4 aliphatic rings. The number of hydrogen-bond acceptors (Lipinski definition) is 6. The van der Waals surface area contributed by atoms with Crippen LogP contribution in [0.5, 0.6) is 5.75 Å². The predicted molar refractivity (Wildman–Crippen MR) is 164 cm³/mol. The highest BCUT2D eigenvalue weighted by Crippen LogP contribution is 2.63. The standard InChI is InChI=1S/C37H31NO7/c39-24-13-11-22(12-14-24)33-25-15-16-26-32(36(45)38(35(26)44)18-17-31(41)42)28(25)19-29-34(43)27(21-7-3-1-4-8-21)20-30(40)37(29,33)23-9-5-2-6-10-23/h1-15,20,26,28-29,32-33,39H,16-19H2,(H,41,42)/t26-,28+,29-,32-,33-,37-/m0/s1. The molecule has 45 heavy (non-hydrogen) atoms. The number of carboxylic acid groups (broad SMARTS) is 1. The Labute approximate surface area is 259 Å². The molecule has 2 fully saturated rings. The number of phenols is 1. The van der Waals surface area contributed by atoms with E-state index in [2.05, 4.69) is 0 Å². The van der Waals surface area contributed by atoms with Crippen LogP contribution in [0.1, 0.15) is 41.9 Å². The topological polar surface area (TPSA) is 129 Å². The van der Waals surface area contributed by atoms with Gasteiger partial charge in [0.05, 0.1) is 23.7 Å². The molecular formula is C37H31NO7. The molecular weight excluding hydrogens is 570 g/mol. The van der Waals surface area contributed by atoms with E-state index in [0.717, 1.165) is 10.5 Å². The molecule has 2 amide bonds. The molecule has 226 valence electrons. The lowest BCUT2D eigenvalue weighted by Gasteiger charge is -2.55. The van der Waals surface area contributed by atoms with E-state index in [4.69, 9.17) is 0 Å². The van der Waals surface area contributed by atoms with Gasteiger partial charge in [-0.1, -0.05) is 84.4 Å². The van der Waals surface area contributed by atoms with Crippen LogP contribution in [-0.2, 0) is 29.4 Å². The van der Waals surface area contributed by atoms with Gasteiger partial charge in [-0.15, -0.1) is 0 Å². The van der Waals surface area contributed by atoms with Crippen molar-refractivity contribution in [2.24, 2.45) is 23.7 Å². The van der Waals surface area contributed by atoms with Crippen molar-refractivity contribution in [2.75, 3.05) is 6.54 Å². The molecule has 1 saturated carbocycles. The Morgan fingerprint density at radius 1 is 0.844 bits per heavy atom. The molecule has 1 aliphatic heterocycles. The summed E-state index contributed by atoms with van der Waals surface area (Å²) >= 11 is 0. The molecule has 7 rings (SSSR count). The van der Waals surface area contributed by atoms with Crippen molar-refractivity contribution in [3.8, 4) is 5.75 Å². The molecule has 0 radical (unpaired) electrons. The minimum Gasteiger partial charge on any atom is -0.508 e. The Hall–Kier alpha value is -5.11. The number of imide groups is 1. The van der Waals surface area contributed by atoms with Gasteiger partial charge >= 0.3 is 5.97 Å². The summed E-state index contributed by atoms with van der Waals surface area (Å²) in [6, 6.07) is 25.0. The predicted octanol–water partition coefficient (Wildman–Crippen LogP) is 4.69. The number of ketones is 2. The first kappa shape index (κ1) is 28.6. The lowest BCUT2D eigenvalue weighted by molar-refractivity contribution is -0.142. The summed E-state index contributed by atoms with van der Waals surface area (Å²) in [6.07, 6.45) is 3.53. The van der Waals surface area contributed by atoms with E-state index in [1.54, 1.807) is 36.4 Å². The molecule has 8 heteroatoms. The Bertz CT molecular complexity index is 1790. The van der Waals surface area contributed by atoms with Crippen molar-refractivity contribution < 1.29 is 34.2 Å². The van der Waals surface area contributed by atoms with E-state index in [1.807, 2.05) is 54.6 Å². The molecule has 0 bridgehead atoms. The fourth-order valence-corrected chi connectivity index (χ4v) is 8.41. The van der Waals surface area contributed by atoms with Crippen molar-refractivity contribution in [3.63, 3.8) is 0 Å². The average molecular weight is 602 g/mol. The van der Waals surface area contributed by atoms with Crippen LogP contribution in [0.25, 0.3) is 5.57 Å². The Morgan fingerprint density at radius 2 is 1.51 bits per heavy atom. The van der Waals surface area contributed by atoms with E-state index >= 15 is 0 Å². The molecule has 3 aromatic carbocycles. The van der Waals surface area contributed by atoms with Crippen molar-refractivity contribution in [1.82, 2.24) is 4.90 Å². The number of likely N-dealkylation sites (tertiary alicyclic amines) is 1. The number of allylic oxidation sites excluding steroid dienone is 4. The first-order chi connectivity index (χ1) is 21.7. The van der Waals surface area contributed by atoms with Crippen LogP contribution in [0.4, 0.5) is 0 Å². The molecule has 3 aliphatic carbocycles. The number of aromatic hydroxyl groups is 1. The van der Waals surface area contributed by atoms with Crippen LogP contribution in [0.2, 0.25) is 0 Å². The summed E-state index contributed by atoms with van der Waals surface area (Å²) in [5, 5.41) is 19.4. The van der Waals surface area contributed by atoms with Crippen LogP contribution in [0.15, 0.2) is 103 Å². The van der Waals surface area contributed by atoms with Gasteiger partial charge in [0.2, 0.25) is 11.8 Å². The second-order valence-electron chi connectivity index (χ2n) is 12.4. The number of Topliss-reactive ketones (excluding diaryl/α,β-unsaturated/α-hetero) is 1. The summed E-state index contributed by atoms with van der Waals surface area (Å²) in [5.41, 5.74) is 1.84. The molecule has 1 saturated heterocycles. The maximum Gasteiger partial charge on any atom is 0.305 e. The quantitative estimate of drug-likeness (QED) is 0.310. The van der Waals surface area contributed by atoms with Gasteiger partial charge in [0.1, 0.15) is 5.75 Å². The summed E-state index contributed by atoms with van der Waals surface area (Å²) in [4.78, 5) is 69.4. The van der Waals surface area contributed by atoms with Crippen LogP contribution in [0.3, 0.4) is 0 Å². The first-order valence-corrected chi connectivity index (χ1v) is 15.2. The summed E-state index contributed by atoms with van der Waals surface area (Å²) in [6.45, 7) is -0.209. The molecule has 1 heterocycles. The van der Waals surface area contributed by atoms with Gasteiger partial charge in [0.25, 0.3) is 0 Å². The third-order valence-electron chi connectivity index (χ3n) is 10.2. The smallest absolute Gasteiger partial charge is 0.305 e. The highest BCUT2D eigenvalue weighted by Gasteiger charge is 2.65. The van der Waals surface area contributed by atoms with E-state index in [0.29, 0.717) is 22.3 Å². The Morgan fingerprint density at radius 3 is 2.18 bits per heavy atom. The Kier molecular flexibility index (Phi) is 6.88. The number of aliphatic carboxylic acids is 1.